The van der Waals surface area contributed by atoms with Crippen molar-refractivity contribution < 1.29 is 9.72 Å². The topological polar surface area (TPSA) is 90.1 Å². The number of fused-ring (bicyclic) bond motifs is 1. The van der Waals surface area contributed by atoms with E-state index in [1.165, 1.54) is 29.8 Å². The van der Waals surface area contributed by atoms with E-state index in [-0.39, 0.29) is 17.6 Å². The van der Waals surface area contributed by atoms with E-state index in [1.807, 2.05) is 29.1 Å². The normalized spacial score (nSPS) is 15.6. The highest BCUT2D eigenvalue weighted by molar-refractivity contribution is 5.94. The second-order valence-electron chi connectivity index (χ2n) is 6.91. The number of nitro groups is 1. The van der Waals surface area contributed by atoms with E-state index in [1.54, 1.807) is 0 Å². The minimum absolute atomic E-state index is 0.0290. The number of amides is 1. The zero-order valence-corrected chi connectivity index (χ0v) is 15.2. The average Bonchev–Trinajstić information content (AvgIpc) is 3.13. The minimum Gasteiger partial charge on any atom is -0.345 e. The molecule has 7 nitrogen and oxygen atoms in total. The highest BCUT2D eigenvalue weighted by atomic mass is 16.6. The Morgan fingerprint density at radius 3 is 2.64 bits per heavy atom. The first-order chi connectivity index (χ1) is 13.6. The summed E-state index contributed by atoms with van der Waals surface area (Å²) in [5.74, 6) is -0.233. The molecule has 0 spiro atoms. The number of nitrogens with zero attached hydrogens (tertiary/aromatic N) is 3. The van der Waals surface area contributed by atoms with E-state index >= 15 is 0 Å². The number of carbonyl (C=O) groups excluding carboxylic acids is 1. The van der Waals surface area contributed by atoms with Crippen molar-refractivity contribution in [3.8, 4) is 0 Å². The average molecular weight is 376 g/mol. The molecule has 0 radical (unpaired) electrons. The molecule has 3 aromatic rings. The number of aromatic nitrogens is 2. The summed E-state index contributed by atoms with van der Waals surface area (Å²) >= 11 is 0. The highest BCUT2D eigenvalue weighted by Crippen LogP contribution is 2.30. The standard InChI is InChI=1S/C21H20N4O3/c26-21(16-9-11-17(12-10-16)25(27)28)23-19-7-4-8-20-18(19)13-22-24(20)14-15-5-2-1-3-6-15/h1-3,5-6,9-13,19H,4,7-8,14H2,(H,23,26)/t19-/m0/s1. The lowest BCUT2D eigenvalue weighted by molar-refractivity contribution is -0.384. The fraction of sp³-hybridized carbons (Fsp3) is 0.238. The van der Waals surface area contributed by atoms with Crippen LogP contribution in [0.25, 0.3) is 0 Å². The zero-order valence-electron chi connectivity index (χ0n) is 15.2. The summed E-state index contributed by atoms with van der Waals surface area (Å²) in [5, 5.41) is 18.4. The second kappa shape index (κ2) is 7.64. The van der Waals surface area contributed by atoms with Crippen LogP contribution >= 0.6 is 0 Å². The number of nitrogens with one attached hydrogen (secondary N) is 1. The van der Waals surface area contributed by atoms with Gasteiger partial charge in [0.2, 0.25) is 0 Å². The first kappa shape index (κ1) is 17.9. The van der Waals surface area contributed by atoms with Crippen LogP contribution in [0, 0.1) is 10.1 Å². The molecule has 0 fully saturated rings. The number of carbonyl (C=O) groups is 1. The van der Waals surface area contributed by atoms with Crippen LogP contribution in [0.2, 0.25) is 0 Å². The van der Waals surface area contributed by atoms with Gasteiger partial charge in [0.1, 0.15) is 0 Å². The number of hydrogen-bond acceptors (Lipinski definition) is 4. The molecule has 4 rings (SSSR count). The van der Waals surface area contributed by atoms with Crippen molar-refractivity contribution in [2.45, 2.75) is 31.8 Å². The van der Waals surface area contributed by atoms with Gasteiger partial charge in [0.15, 0.2) is 0 Å². The van der Waals surface area contributed by atoms with Gasteiger partial charge in [-0.15, -0.1) is 0 Å². The van der Waals surface area contributed by atoms with E-state index in [0.29, 0.717) is 12.1 Å². The Kier molecular flexibility index (Phi) is 4.89. The molecule has 1 aromatic heterocycles. The lowest BCUT2D eigenvalue weighted by Gasteiger charge is -2.24. The van der Waals surface area contributed by atoms with Gasteiger partial charge >= 0.3 is 0 Å². The molecule has 0 bridgehead atoms. The third-order valence-corrected chi connectivity index (χ3v) is 5.08. The first-order valence-electron chi connectivity index (χ1n) is 9.25. The molecule has 0 saturated carbocycles. The zero-order chi connectivity index (χ0) is 19.5. The summed E-state index contributed by atoms with van der Waals surface area (Å²) in [5.41, 5.74) is 3.78. The minimum atomic E-state index is -0.476. The van der Waals surface area contributed by atoms with Crippen LogP contribution in [-0.2, 0) is 13.0 Å². The van der Waals surface area contributed by atoms with Gasteiger partial charge in [0.25, 0.3) is 11.6 Å². The van der Waals surface area contributed by atoms with Crippen molar-refractivity contribution in [1.29, 1.82) is 0 Å². The summed E-state index contributed by atoms with van der Waals surface area (Å²) < 4.78 is 2.01. The van der Waals surface area contributed by atoms with E-state index in [0.717, 1.165) is 30.5 Å². The van der Waals surface area contributed by atoms with Gasteiger partial charge in [-0.25, -0.2) is 0 Å². The Bertz CT molecular complexity index is 996. The summed E-state index contributed by atoms with van der Waals surface area (Å²) in [4.78, 5) is 22.9. The SMILES string of the molecule is O=C(N[C@H]1CCCc2c1cnn2Cc1ccccc1)c1ccc([N+](=O)[O-])cc1. The summed E-state index contributed by atoms with van der Waals surface area (Å²) in [7, 11) is 0. The van der Waals surface area contributed by atoms with Crippen LogP contribution in [0.4, 0.5) is 5.69 Å². The quantitative estimate of drug-likeness (QED) is 0.544. The van der Waals surface area contributed by atoms with Gasteiger partial charge < -0.3 is 5.32 Å². The first-order valence-corrected chi connectivity index (χ1v) is 9.25. The molecule has 0 saturated heterocycles. The van der Waals surface area contributed by atoms with Gasteiger partial charge in [0, 0.05) is 29.0 Å². The molecular weight excluding hydrogens is 356 g/mol. The molecule has 1 N–H and O–H groups in total. The molecule has 28 heavy (non-hydrogen) atoms. The van der Waals surface area contributed by atoms with Crippen molar-refractivity contribution in [1.82, 2.24) is 15.1 Å². The maximum atomic E-state index is 12.6. The van der Waals surface area contributed by atoms with Gasteiger partial charge in [-0.2, -0.15) is 5.10 Å². The monoisotopic (exact) mass is 376 g/mol. The van der Waals surface area contributed by atoms with Crippen LogP contribution in [0.1, 0.15) is 46.1 Å². The van der Waals surface area contributed by atoms with E-state index in [4.69, 9.17) is 0 Å². The van der Waals surface area contributed by atoms with Crippen LogP contribution in [0.3, 0.4) is 0 Å². The van der Waals surface area contributed by atoms with Gasteiger partial charge in [-0.05, 0) is 37.0 Å². The van der Waals surface area contributed by atoms with Gasteiger partial charge in [-0.3, -0.25) is 19.6 Å². The number of rotatable bonds is 5. The number of non-ortho nitro benzene ring substituents is 1. The van der Waals surface area contributed by atoms with Crippen molar-refractivity contribution in [3.05, 3.63) is 93.3 Å². The van der Waals surface area contributed by atoms with Crippen LogP contribution in [-0.4, -0.2) is 20.6 Å². The molecule has 1 amide bonds. The lowest BCUT2D eigenvalue weighted by atomic mass is 9.92. The van der Waals surface area contributed by atoms with Crippen LogP contribution in [0.15, 0.2) is 60.8 Å². The van der Waals surface area contributed by atoms with Crippen LogP contribution in [0.5, 0.6) is 0 Å². The maximum Gasteiger partial charge on any atom is 0.269 e. The van der Waals surface area contributed by atoms with Crippen molar-refractivity contribution in [3.63, 3.8) is 0 Å². The van der Waals surface area contributed by atoms with E-state index < -0.39 is 4.92 Å². The number of benzene rings is 2. The Morgan fingerprint density at radius 1 is 1.18 bits per heavy atom. The molecule has 1 aliphatic rings. The Balaban J connectivity index is 1.50. The van der Waals surface area contributed by atoms with Crippen molar-refractivity contribution in [2.75, 3.05) is 0 Å². The number of nitro benzene ring substituents is 1. The Morgan fingerprint density at radius 2 is 1.93 bits per heavy atom. The third-order valence-electron chi connectivity index (χ3n) is 5.08. The molecule has 142 valence electrons. The number of hydrogen-bond donors (Lipinski definition) is 1. The summed E-state index contributed by atoms with van der Waals surface area (Å²) in [6.45, 7) is 0.708. The van der Waals surface area contributed by atoms with Gasteiger partial charge in [0.05, 0.1) is 23.7 Å². The molecule has 0 aliphatic heterocycles. The molecule has 1 heterocycles. The molecule has 1 atom stereocenters. The Hall–Kier alpha value is -3.48. The fourth-order valence-electron chi connectivity index (χ4n) is 3.64. The lowest BCUT2D eigenvalue weighted by Crippen LogP contribution is -2.31. The largest absolute Gasteiger partial charge is 0.345 e. The fourth-order valence-corrected chi connectivity index (χ4v) is 3.64. The molecular formula is C21H20N4O3. The van der Waals surface area contributed by atoms with Crippen molar-refractivity contribution in [2.24, 2.45) is 0 Å². The summed E-state index contributed by atoms with van der Waals surface area (Å²) in [6, 6.07) is 15.7. The van der Waals surface area contributed by atoms with E-state index in [2.05, 4.69) is 22.5 Å². The molecule has 1 aliphatic carbocycles. The van der Waals surface area contributed by atoms with E-state index in [9.17, 15) is 14.9 Å². The molecule has 2 aromatic carbocycles. The smallest absolute Gasteiger partial charge is 0.269 e. The Labute approximate surface area is 162 Å². The third kappa shape index (κ3) is 3.64. The molecule has 0 unspecified atom stereocenters. The highest BCUT2D eigenvalue weighted by Gasteiger charge is 2.26. The van der Waals surface area contributed by atoms with Crippen LogP contribution < -0.4 is 5.32 Å². The predicted octanol–water partition coefficient (Wildman–Crippen LogP) is 3.65. The van der Waals surface area contributed by atoms with Crippen molar-refractivity contribution >= 4 is 11.6 Å². The maximum absolute atomic E-state index is 12.6. The summed E-state index contributed by atoms with van der Waals surface area (Å²) in [6.07, 6.45) is 4.60. The second-order valence-corrected chi connectivity index (χ2v) is 6.91. The predicted molar refractivity (Wildman–Crippen MR) is 104 cm³/mol. The van der Waals surface area contributed by atoms with Gasteiger partial charge in [-0.1, -0.05) is 30.3 Å². The molecule has 7 heteroatoms.